The first-order chi connectivity index (χ1) is 11.2. The van der Waals surface area contributed by atoms with E-state index in [-0.39, 0.29) is 34.1 Å². The first-order valence-corrected chi connectivity index (χ1v) is 9.46. The summed E-state index contributed by atoms with van der Waals surface area (Å²) in [5.41, 5.74) is 0.291. The van der Waals surface area contributed by atoms with E-state index in [0.29, 0.717) is 5.56 Å². The van der Waals surface area contributed by atoms with E-state index in [1.807, 2.05) is 13.8 Å². The van der Waals surface area contributed by atoms with Crippen LogP contribution in [0.5, 0.6) is 0 Å². The Morgan fingerprint density at radius 1 is 1.25 bits per heavy atom. The summed E-state index contributed by atoms with van der Waals surface area (Å²) in [6, 6.07) is 7.34. The van der Waals surface area contributed by atoms with Crippen LogP contribution in [-0.4, -0.2) is 24.3 Å². The van der Waals surface area contributed by atoms with Crippen molar-refractivity contribution in [2.75, 3.05) is 6.54 Å². The molecular weight excluding hydrogens is 374 g/mol. The van der Waals surface area contributed by atoms with Crippen molar-refractivity contribution >= 4 is 33.2 Å². The molecule has 0 aliphatic carbocycles. The van der Waals surface area contributed by atoms with Crippen LogP contribution >= 0.6 is 23.2 Å². The molecule has 0 aliphatic heterocycles. The van der Waals surface area contributed by atoms with Gasteiger partial charge in [0.25, 0.3) is 0 Å². The van der Waals surface area contributed by atoms with Gasteiger partial charge in [-0.05, 0) is 18.1 Å². The highest BCUT2D eigenvalue weighted by Gasteiger charge is 2.28. The third kappa shape index (κ3) is 4.45. The summed E-state index contributed by atoms with van der Waals surface area (Å²) in [5.74, 6) is -0.410. The van der Waals surface area contributed by atoms with Crippen molar-refractivity contribution in [3.63, 3.8) is 0 Å². The predicted molar refractivity (Wildman–Crippen MR) is 93.1 cm³/mol. The molecule has 8 heteroatoms. The Hall–Kier alpha value is -1.21. The Kier molecular flexibility index (Phi) is 6.20. The lowest BCUT2D eigenvalue weighted by Crippen LogP contribution is -2.34. The number of hydrogen-bond acceptors (Lipinski definition) is 3. The van der Waals surface area contributed by atoms with E-state index in [4.69, 9.17) is 23.2 Å². The van der Waals surface area contributed by atoms with Gasteiger partial charge in [0, 0.05) is 18.7 Å². The molecule has 0 amide bonds. The fraction of sp³-hybridized carbons (Fsp3) is 0.312. The van der Waals surface area contributed by atoms with Crippen LogP contribution in [0.1, 0.15) is 19.4 Å². The van der Waals surface area contributed by atoms with Crippen molar-refractivity contribution in [2.24, 2.45) is 5.92 Å². The average Bonchev–Trinajstić information content (AvgIpc) is 2.48. The van der Waals surface area contributed by atoms with Crippen LogP contribution in [-0.2, 0) is 16.6 Å². The second-order valence-electron chi connectivity index (χ2n) is 5.72. The number of pyridine rings is 1. The summed E-state index contributed by atoms with van der Waals surface area (Å²) < 4.78 is 41.0. The second-order valence-corrected chi connectivity index (χ2v) is 8.42. The smallest absolute Gasteiger partial charge is 0.243 e. The molecule has 4 nitrogen and oxygen atoms in total. The number of halogens is 3. The van der Waals surface area contributed by atoms with E-state index in [2.05, 4.69) is 4.98 Å². The van der Waals surface area contributed by atoms with Crippen molar-refractivity contribution in [1.82, 2.24) is 9.29 Å². The summed E-state index contributed by atoms with van der Waals surface area (Å²) >= 11 is 11.8. The van der Waals surface area contributed by atoms with Gasteiger partial charge in [-0.3, -0.25) is 0 Å². The van der Waals surface area contributed by atoms with E-state index in [1.165, 1.54) is 16.4 Å². The summed E-state index contributed by atoms with van der Waals surface area (Å²) in [6.07, 6.45) is 1.12. The highest BCUT2D eigenvalue weighted by Crippen LogP contribution is 2.27. The van der Waals surface area contributed by atoms with Crippen LogP contribution in [0.2, 0.25) is 10.2 Å². The first-order valence-electron chi connectivity index (χ1n) is 7.26. The van der Waals surface area contributed by atoms with Crippen LogP contribution in [0.4, 0.5) is 4.39 Å². The van der Waals surface area contributed by atoms with Crippen LogP contribution in [0, 0.1) is 11.7 Å². The van der Waals surface area contributed by atoms with Gasteiger partial charge in [0.05, 0.1) is 11.2 Å². The Labute approximate surface area is 151 Å². The third-order valence-electron chi connectivity index (χ3n) is 3.28. The Bertz CT molecular complexity index is 829. The molecule has 0 fully saturated rings. The van der Waals surface area contributed by atoms with E-state index in [0.717, 1.165) is 6.20 Å². The van der Waals surface area contributed by atoms with Gasteiger partial charge in [0.2, 0.25) is 10.0 Å². The van der Waals surface area contributed by atoms with Crippen molar-refractivity contribution in [2.45, 2.75) is 25.3 Å². The molecule has 0 saturated carbocycles. The zero-order valence-electron chi connectivity index (χ0n) is 13.2. The van der Waals surface area contributed by atoms with Gasteiger partial charge >= 0.3 is 0 Å². The highest BCUT2D eigenvalue weighted by atomic mass is 35.5. The molecule has 130 valence electrons. The largest absolute Gasteiger partial charge is 0.246 e. The van der Waals surface area contributed by atoms with Crippen molar-refractivity contribution in [3.8, 4) is 0 Å². The van der Waals surface area contributed by atoms with Gasteiger partial charge in [-0.25, -0.2) is 17.8 Å². The van der Waals surface area contributed by atoms with Crippen molar-refractivity contribution < 1.29 is 12.8 Å². The summed E-state index contributed by atoms with van der Waals surface area (Å²) in [5, 5.41) is 0.0840. The molecule has 2 aromatic rings. The number of benzene rings is 1. The molecule has 0 radical (unpaired) electrons. The van der Waals surface area contributed by atoms with Gasteiger partial charge in [0.1, 0.15) is 15.9 Å². The van der Waals surface area contributed by atoms with Gasteiger partial charge in [-0.2, -0.15) is 4.31 Å². The van der Waals surface area contributed by atoms with Gasteiger partial charge in [-0.15, -0.1) is 0 Å². The number of aromatic nitrogens is 1. The highest BCUT2D eigenvalue weighted by molar-refractivity contribution is 7.89. The van der Waals surface area contributed by atoms with Crippen molar-refractivity contribution in [1.29, 1.82) is 0 Å². The molecule has 1 heterocycles. The third-order valence-corrected chi connectivity index (χ3v) is 5.75. The summed E-state index contributed by atoms with van der Waals surface area (Å²) in [7, 11) is -3.94. The van der Waals surface area contributed by atoms with Crippen LogP contribution in [0.3, 0.4) is 0 Å². The molecule has 0 saturated heterocycles. The molecule has 0 unspecified atom stereocenters. The number of rotatable bonds is 6. The second kappa shape index (κ2) is 7.78. The molecule has 0 spiro atoms. The lowest BCUT2D eigenvalue weighted by molar-refractivity contribution is 0.357. The fourth-order valence-electron chi connectivity index (χ4n) is 2.20. The van der Waals surface area contributed by atoms with E-state index in [1.54, 1.807) is 18.2 Å². The summed E-state index contributed by atoms with van der Waals surface area (Å²) in [6.45, 7) is 3.89. The fourth-order valence-corrected chi connectivity index (χ4v) is 4.43. The SMILES string of the molecule is CC(C)CN(Cc1ccccc1F)S(=O)(=O)c1cnc(Cl)cc1Cl. The topological polar surface area (TPSA) is 50.3 Å². The Balaban J connectivity index is 2.44. The van der Waals surface area contributed by atoms with Crippen LogP contribution in [0.15, 0.2) is 41.4 Å². The minimum Gasteiger partial charge on any atom is -0.243 e. The minimum atomic E-state index is -3.94. The number of nitrogens with zero attached hydrogens (tertiary/aromatic N) is 2. The lowest BCUT2D eigenvalue weighted by Gasteiger charge is -2.24. The standard InChI is InChI=1S/C16H17Cl2FN2O2S/c1-11(2)9-21(10-12-5-3-4-6-14(12)19)24(22,23)15-8-20-16(18)7-13(15)17/h3-8,11H,9-10H2,1-2H3. The average molecular weight is 391 g/mol. The number of sulfonamides is 1. The Morgan fingerprint density at radius 2 is 1.92 bits per heavy atom. The van der Waals surface area contributed by atoms with Crippen LogP contribution in [0.25, 0.3) is 0 Å². The van der Waals surface area contributed by atoms with Crippen molar-refractivity contribution in [3.05, 3.63) is 58.1 Å². The quantitative estimate of drug-likeness (QED) is 0.687. The maximum Gasteiger partial charge on any atom is 0.246 e. The molecule has 1 aromatic heterocycles. The molecule has 0 N–H and O–H groups in total. The lowest BCUT2D eigenvalue weighted by atomic mass is 10.2. The number of hydrogen-bond donors (Lipinski definition) is 0. The molecule has 2 rings (SSSR count). The zero-order chi connectivity index (χ0) is 17.9. The molecule has 0 atom stereocenters. The molecular formula is C16H17Cl2FN2O2S. The molecule has 1 aromatic carbocycles. The Morgan fingerprint density at radius 3 is 2.50 bits per heavy atom. The molecule has 0 aliphatic rings. The predicted octanol–water partition coefficient (Wildman–Crippen LogP) is 4.37. The zero-order valence-corrected chi connectivity index (χ0v) is 15.5. The first kappa shape index (κ1) is 19.1. The minimum absolute atomic E-state index is 0.0164. The van der Waals surface area contributed by atoms with E-state index < -0.39 is 15.8 Å². The van der Waals surface area contributed by atoms with Gasteiger partial charge < -0.3 is 0 Å². The maximum atomic E-state index is 13.9. The van der Waals surface area contributed by atoms with Gasteiger partial charge in [-0.1, -0.05) is 55.2 Å². The monoisotopic (exact) mass is 390 g/mol. The van der Waals surface area contributed by atoms with Crippen LogP contribution < -0.4 is 0 Å². The van der Waals surface area contributed by atoms with Gasteiger partial charge in [0.15, 0.2) is 0 Å². The maximum absolute atomic E-state index is 13.9. The van der Waals surface area contributed by atoms with E-state index >= 15 is 0 Å². The molecule has 24 heavy (non-hydrogen) atoms. The summed E-state index contributed by atoms with van der Waals surface area (Å²) in [4.78, 5) is 3.65. The molecule has 0 bridgehead atoms. The van der Waals surface area contributed by atoms with E-state index in [9.17, 15) is 12.8 Å². The normalized spacial score (nSPS) is 12.1.